The van der Waals surface area contributed by atoms with Crippen LogP contribution in [-0.2, 0) is 46.5 Å². The van der Waals surface area contributed by atoms with Gasteiger partial charge in [-0.3, -0.25) is 0 Å². The van der Waals surface area contributed by atoms with Gasteiger partial charge < -0.3 is 0 Å². The number of fused-ring (bicyclic) bond motifs is 4. The summed E-state index contributed by atoms with van der Waals surface area (Å²) in [4.78, 5) is 0. The van der Waals surface area contributed by atoms with Crippen molar-refractivity contribution in [3.8, 4) is 22.3 Å². The minimum absolute atomic E-state index is 0.273. The van der Waals surface area contributed by atoms with Gasteiger partial charge in [0, 0.05) is 21.4 Å². The standard InChI is InChI=1S/C44H48Si.2ClH.Zr/c1-25-13-26(2)16-33(15-25)43-35-11-7-9-31(35)21-37-39(43)19-29(5)41(37)23-45-24-42-30(6)20-40-38(42)22-32-10-8-12-36(32)44(40)34-17-27(3)14-28(4)18-34;;;/h13-22,41-42H,7-12,23-24,45H2,1-6H3;2*1H;/q;;;+2/p-2. The van der Waals surface area contributed by atoms with Gasteiger partial charge in [-0.25, -0.2) is 0 Å². The van der Waals surface area contributed by atoms with Crippen LogP contribution in [0.4, 0.5) is 0 Å². The molecule has 4 aromatic carbocycles. The first-order valence-corrected chi connectivity index (χ1v) is 26.4. The topological polar surface area (TPSA) is 0 Å². The fourth-order valence-corrected chi connectivity index (χ4v) is 12.4. The summed E-state index contributed by atoms with van der Waals surface area (Å²) in [6.07, 6.45) is 12.7. The molecular weight excluding hydrogens is 719 g/mol. The number of aryl methyl sites for hydroxylation is 6. The third-order valence-corrected chi connectivity index (χ3v) is 13.5. The van der Waals surface area contributed by atoms with Gasteiger partial charge in [0.1, 0.15) is 0 Å². The Morgan fingerprint density at radius 2 is 0.938 bits per heavy atom. The molecule has 0 nitrogen and oxygen atoms in total. The van der Waals surface area contributed by atoms with E-state index in [0.717, 1.165) is 0 Å². The number of rotatable bonds is 6. The second-order valence-electron chi connectivity index (χ2n) is 15.1. The summed E-state index contributed by atoms with van der Waals surface area (Å²) in [6, 6.07) is 22.4. The van der Waals surface area contributed by atoms with Crippen LogP contribution in [0.3, 0.4) is 0 Å². The molecule has 0 fully saturated rings. The first kappa shape index (κ1) is 34.5. The molecule has 4 aromatic rings. The Hall–Kier alpha value is -1.96. The van der Waals surface area contributed by atoms with E-state index in [9.17, 15) is 0 Å². The number of benzene rings is 4. The van der Waals surface area contributed by atoms with E-state index in [0.29, 0.717) is 11.8 Å². The van der Waals surface area contributed by atoms with Crippen LogP contribution >= 0.6 is 17.0 Å². The first-order chi connectivity index (χ1) is 23.2. The Balaban J connectivity index is 0.00000117. The van der Waals surface area contributed by atoms with Gasteiger partial charge in [0.05, 0.1) is 0 Å². The van der Waals surface area contributed by atoms with E-state index >= 15 is 0 Å². The average Bonchev–Trinajstić information content (AvgIpc) is 3.80. The molecule has 4 aliphatic carbocycles. The molecule has 0 radical (unpaired) electrons. The van der Waals surface area contributed by atoms with Crippen molar-refractivity contribution in [3.63, 3.8) is 0 Å². The van der Waals surface area contributed by atoms with Crippen LogP contribution in [0.2, 0.25) is 12.1 Å². The second kappa shape index (κ2) is 14.3. The summed E-state index contributed by atoms with van der Waals surface area (Å²) in [5.74, 6) is 1.22. The zero-order valence-electron chi connectivity index (χ0n) is 29.5. The minimum atomic E-state index is -0.826. The van der Waals surface area contributed by atoms with Crippen molar-refractivity contribution in [3.05, 3.63) is 126 Å². The molecule has 0 heterocycles. The molecule has 2 atom stereocenters. The third kappa shape index (κ3) is 6.50. The van der Waals surface area contributed by atoms with Gasteiger partial charge in [-0.05, 0) is 147 Å². The Labute approximate surface area is 309 Å². The maximum absolute atomic E-state index is 4.93. The van der Waals surface area contributed by atoms with Gasteiger partial charge >= 0.3 is 37.9 Å². The fourth-order valence-electron chi connectivity index (χ4n) is 9.79. The van der Waals surface area contributed by atoms with Gasteiger partial charge in [-0.2, -0.15) is 0 Å². The normalized spacial score (nSPS) is 18.7. The van der Waals surface area contributed by atoms with Crippen molar-refractivity contribution in [1.82, 2.24) is 0 Å². The van der Waals surface area contributed by atoms with Gasteiger partial charge in [-0.1, -0.05) is 106 Å². The van der Waals surface area contributed by atoms with E-state index < -0.39 is 20.8 Å². The van der Waals surface area contributed by atoms with Crippen molar-refractivity contribution in [2.45, 2.75) is 104 Å². The first-order valence-electron chi connectivity index (χ1n) is 18.0. The number of hydrogen-bond donors (Lipinski definition) is 0. The molecule has 0 spiro atoms. The summed E-state index contributed by atoms with van der Waals surface area (Å²) < 4.78 is 0. The van der Waals surface area contributed by atoms with Crippen molar-refractivity contribution < 1.29 is 20.8 Å². The van der Waals surface area contributed by atoms with E-state index in [1.807, 2.05) is 0 Å². The summed E-state index contributed by atoms with van der Waals surface area (Å²) in [5, 5.41) is 0. The Bertz CT molecular complexity index is 1800. The fraction of sp³-hybridized carbons (Fsp3) is 0.364. The number of hydrogen-bond acceptors (Lipinski definition) is 0. The predicted molar refractivity (Wildman–Crippen MR) is 209 cm³/mol. The Kier molecular flexibility index (Phi) is 10.3. The molecule has 0 bridgehead atoms. The van der Waals surface area contributed by atoms with Crippen LogP contribution in [0.25, 0.3) is 34.4 Å². The van der Waals surface area contributed by atoms with E-state index in [1.54, 1.807) is 66.8 Å². The van der Waals surface area contributed by atoms with Crippen molar-refractivity contribution in [2.75, 3.05) is 0 Å². The third-order valence-electron chi connectivity index (χ3n) is 11.5. The Morgan fingerprint density at radius 1 is 0.562 bits per heavy atom. The van der Waals surface area contributed by atoms with Crippen molar-refractivity contribution >= 4 is 38.7 Å². The zero-order chi connectivity index (χ0) is 33.7. The molecule has 0 amide bonds. The summed E-state index contributed by atoms with van der Waals surface area (Å²) in [6.45, 7) is 13.9. The van der Waals surface area contributed by atoms with Crippen LogP contribution in [0, 0.1) is 27.7 Å². The zero-order valence-corrected chi connectivity index (χ0v) is 34.9. The maximum atomic E-state index is 4.93. The Morgan fingerprint density at radius 3 is 1.31 bits per heavy atom. The van der Waals surface area contributed by atoms with Crippen molar-refractivity contribution in [1.29, 1.82) is 0 Å². The monoisotopic (exact) mass is 764 g/mol. The molecule has 48 heavy (non-hydrogen) atoms. The van der Waals surface area contributed by atoms with E-state index in [-0.39, 0.29) is 9.52 Å². The van der Waals surface area contributed by atoms with E-state index in [1.165, 1.54) is 84.0 Å². The summed E-state index contributed by atoms with van der Waals surface area (Å²) in [7, 11) is 9.59. The van der Waals surface area contributed by atoms with Gasteiger partial charge in [-0.15, -0.1) is 0 Å². The van der Waals surface area contributed by atoms with E-state index in [2.05, 4.69) is 102 Å². The SMILES string of the molecule is CC1=Cc2c(cc3c(c2-c2cc(C)cc(C)c2)CCC3)C1C[SiH2]CC1C(C)=Cc2c1cc1c(c2-c2cc(C)cc(C)c2)CCC1.[Cl][Zr][Cl]. The quantitative estimate of drug-likeness (QED) is 0.172. The van der Waals surface area contributed by atoms with Crippen LogP contribution in [-0.4, -0.2) is 9.52 Å². The molecule has 0 saturated heterocycles. The van der Waals surface area contributed by atoms with Crippen LogP contribution in [0.5, 0.6) is 0 Å². The van der Waals surface area contributed by atoms with Crippen LogP contribution in [0.15, 0.2) is 59.7 Å². The second-order valence-corrected chi connectivity index (χ2v) is 20.7. The molecule has 0 N–H and O–H groups in total. The van der Waals surface area contributed by atoms with E-state index in [4.69, 9.17) is 17.0 Å². The van der Waals surface area contributed by atoms with Crippen LogP contribution < -0.4 is 0 Å². The molecule has 246 valence electrons. The van der Waals surface area contributed by atoms with Gasteiger partial charge in [0.15, 0.2) is 0 Å². The van der Waals surface area contributed by atoms with Gasteiger partial charge in [0.2, 0.25) is 0 Å². The summed E-state index contributed by atoms with van der Waals surface area (Å²) in [5.41, 5.74) is 27.6. The molecule has 8 rings (SSSR count). The summed E-state index contributed by atoms with van der Waals surface area (Å²) >= 11 is -0.826. The molecule has 0 saturated carbocycles. The predicted octanol–water partition coefficient (Wildman–Crippen LogP) is 12.3. The molecule has 0 aromatic heterocycles. The number of halogens is 2. The average molecular weight is 767 g/mol. The molecule has 4 heteroatoms. The molecule has 0 aliphatic heterocycles. The molecule has 4 aliphatic rings. The molecule has 2 unspecified atom stereocenters. The van der Waals surface area contributed by atoms with Crippen molar-refractivity contribution in [2.24, 2.45) is 0 Å². The molecular formula is C44H48Cl2SiZr. The number of allylic oxidation sites excluding steroid dienone is 2. The van der Waals surface area contributed by atoms with Crippen LogP contribution in [0.1, 0.15) is 105 Å². The van der Waals surface area contributed by atoms with Gasteiger partial charge in [0.25, 0.3) is 0 Å².